The van der Waals surface area contributed by atoms with Crippen LogP contribution in [0.1, 0.15) is 17.3 Å². The number of rotatable bonds is 4. The molecule has 1 atom stereocenters. The Morgan fingerprint density at radius 1 is 1.65 bits per heavy atom. The number of carbonyl (C=O) groups is 1. The number of thiocarbonyl (C=S) groups is 1. The fraction of sp³-hybridized carbons (Fsp3) is 0.273. The average molecular weight is 256 g/mol. The van der Waals surface area contributed by atoms with Gasteiger partial charge in [0, 0.05) is 12.5 Å². The minimum absolute atomic E-state index is 0.111. The first-order valence-corrected chi connectivity index (χ1v) is 5.38. The zero-order valence-corrected chi connectivity index (χ0v) is 10.1. The molecule has 0 aromatic heterocycles. The normalized spacial score (nSPS) is 11.9. The predicted molar refractivity (Wildman–Crippen MR) is 66.3 cm³/mol. The summed E-state index contributed by atoms with van der Waals surface area (Å²) in [5.74, 6) is -1.59. The molecule has 0 bridgehead atoms. The molecule has 0 aliphatic rings. The van der Waals surface area contributed by atoms with Crippen molar-refractivity contribution in [2.24, 2.45) is 11.7 Å². The second-order valence-corrected chi connectivity index (χ2v) is 4.15. The van der Waals surface area contributed by atoms with E-state index in [1.54, 1.807) is 6.92 Å². The summed E-state index contributed by atoms with van der Waals surface area (Å²) in [4.78, 5) is 11.9. The molecule has 1 aromatic carbocycles. The summed E-state index contributed by atoms with van der Waals surface area (Å²) < 4.78 is 12.9. The van der Waals surface area contributed by atoms with E-state index < -0.39 is 11.7 Å². The van der Waals surface area contributed by atoms with E-state index >= 15 is 0 Å². The number of phenolic OH excluding ortho intramolecular Hbond substituents is 1. The van der Waals surface area contributed by atoms with Gasteiger partial charge in [-0.3, -0.25) is 4.79 Å². The summed E-state index contributed by atoms with van der Waals surface area (Å²) in [6.07, 6.45) is 0. The van der Waals surface area contributed by atoms with E-state index in [0.29, 0.717) is 0 Å². The van der Waals surface area contributed by atoms with Crippen LogP contribution in [0.5, 0.6) is 5.75 Å². The van der Waals surface area contributed by atoms with Crippen molar-refractivity contribution >= 4 is 23.1 Å². The molecule has 0 saturated carbocycles. The van der Waals surface area contributed by atoms with Gasteiger partial charge in [0.05, 0.1) is 10.6 Å². The van der Waals surface area contributed by atoms with Gasteiger partial charge in [-0.05, 0) is 18.2 Å². The van der Waals surface area contributed by atoms with Gasteiger partial charge in [0.2, 0.25) is 0 Å². The fourth-order valence-corrected chi connectivity index (χ4v) is 1.22. The number of halogens is 1. The first-order chi connectivity index (χ1) is 7.91. The second kappa shape index (κ2) is 5.58. The molecule has 0 aliphatic carbocycles. The number of benzene rings is 1. The molecule has 4 N–H and O–H groups in total. The van der Waals surface area contributed by atoms with Crippen LogP contribution in [0.4, 0.5) is 4.39 Å². The molecular formula is C11H13FN2O2S. The number of carbonyl (C=O) groups excluding carboxylic acids is 1. The van der Waals surface area contributed by atoms with Crippen LogP contribution in [0.3, 0.4) is 0 Å². The molecule has 6 heteroatoms. The Labute approximate surface area is 104 Å². The highest BCUT2D eigenvalue weighted by Gasteiger charge is 2.13. The molecular weight excluding hydrogens is 243 g/mol. The molecule has 4 nitrogen and oxygen atoms in total. The molecule has 0 aliphatic heterocycles. The van der Waals surface area contributed by atoms with Crippen LogP contribution in [-0.4, -0.2) is 22.5 Å². The smallest absolute Gasteiger partial charge is 0.255 e. The van der Waals surface area contributed by atoms with E-state index in [1.165, 1.54) is 0 Å². The lowest BCUT2D eigenvalue weighted by Crippen LogP contribution is -2.33. The van der Waals surface area contributed by atoms with Crippen LogP contribution in [0, 0.1) is 11.7 Å². The van der Waals surface area contributed by atoms with Crippen molar-refractivity contribution in [3.8, 4) is 5.75 Å². The quantitative estimate of drug-likeness (QED) is 0.707. The van der Waals surface area contributed by atoms with E-state index in [1.807, 2.05) is 0 Å². The molecule has 0 saturated heterocycles. The van der Waals surface area contributed by atoms with Crippen molar-refractivity contribution < 1.29 is 14.3 Å². The first kappa shape index (κ1) is 13.4. The number of nitrogens with one attached hydrogen (secondary N) is 1. The maximum Gasteiger partial charge on any atom is 0.255 e. The summed E-state index contributed by atoms with van der Waals surface area (Å²) in [5, 5.41) is 11.9. The molecule has 1 amide bonds. The maximum absolute atomic E-state index is 12.9. The first-order valence-electron chi connectivity index (χ1n) is 4.98. The Hall–Kier alpha value is -1.69. The molecule has 0 spiro atoms. The molecule has 0 radical (unpaired) electrons. The third-order valence-corrected chi connectivity index (χ3v) is 2.66. The molecule has 1 unspecified atom stereocenters. The van der Waals surface area contributed by atoms with E-state index in [9.17, 15) is 14.3 Å². The maximum atomic E-state index is 12.9. The van der Waals surface area contributed by atoms with Gasteiger partial charge in [0.15, 0.2) is 0 Å². The summed E-state index contributed by atoms with van der Waals surface area (Å²) in [7, 11) is 0. The van der Waals surface area contributed by atoms with Gasteiger partial charge < -0.3 is 16.2 Å². The molecule has 17 heavy (non-hydrogen) atoms. The third-order valence-electron chi connectivity index (χ3n) is 2.26. The van der Waals surface area contributed by atoms with Gasteiger partial charge in [-0.15, -0.1) is 0 Å². The zero-order valence-electron chi connectivity index (χ0n) is 9.24. The Morgan fingerprint density at radius 3 is 2.88 bits per heavy atom. The van der Waals surface area contributed by atoms with Crippen molar-refractivity contribution in [3.63, 3.8) is 0 Å². The summed E-state index contributed by atoms with van der Waals surface area (Å²) in [6, 6.07) is 3.17. The van der Waals surface area contributed by atoms with Gasteiger partial charge in [-0.1, -0.05) is 19.1 Å². The van der Waals surface area contributed by atoms with Crippen molar-refractivity contribution in [1.29, 1.82) is 0 Å². The molecule has 0 fully saturated rings. The monoisotopic (exact) mass is 256 g/mol. The van der Waals surface area contributed by atoms with Crippen LogP contribution in [0.2, 0.25) is 0 Å². The third kappa shape index (κ3) is 3.67. The van der Waals surface area contributed by atoms with Gasteiger partial charge in [-0.2, -0.15) is 0 Å². The molecule has 92 valence electrons. The molecule has 0 heterocycles. The SMILES string of the molecule is CC(CNC(=O)c1cc(F)ccc1O)C(N)=S. The van der Waals surface area contributed by atoms with Gasteiger partial charge in [-0.25, -0.2) is 4.39 Å². The summed E-state index contributed by atoms with van der Waals surface area (Å²) in [6.45, 7) is 2.00. The number of hydrogen-bond acceptors (Lipinski definition) is 3. The van der Waals surface area contributed by atoms with Crippen molar-refractivity contribution in [3.05, 3.63) is 29.6 Å². The molecule has 1 rings (SSSR count). The van der Waals surface area contributed by atoms with Crippen LogP contribution < -0.4 is 11.1 Å². The fourth-order valence-electron chi connectivity index (χ4n) is 1.13. The highest BCUT2D eigenvalue weighted by atomic mass is 32.1. The lowest BCUT2D eigenvalue weighted by molar-refractivity contribution is 0.0948. The second-order valence-electron chi connectivity index (χ2n) is 3.67. The number of amides is 1. The standard InChI is InChI=1S/C11H13FN2O2S/c1-6(10(13)17)5-14-11(16)8-4-7(12)2-3-9(8)15/h2-4,6,15H,5H2,1H3,(H2,13,17)(H,14,16). The minimum Gasteiger partial charge on any atom is -0.507 e. The van der Waals surface area contributed by atoms with Crippen LogP contribution in [0.15, 0.2) is 18.2 Å². The van der Waals surface area contributed by atoms with Crippen molar-refractivity contribution in [2.45, 2.75) is 6.92 Å². The highest BCUT2D eigenvalue weighted by Crippen LogP contribution is 2.17. The largest absolute Gasteiger partial charge is 0.507 e. The van der Waals surface area contributed by atoms with Crippen molar-refractivity contribution in [1.82, 2.24) is 5.32 Å². The number of hydrogen-bond donors (Lipinski definition) is 3. The Bertz CT molecular complexity index is 451. The van der Waals surface area contributed by atoms with E-state index in [-0.39, 0.29) is 28.8 Å². The summed E-state index contributed by atoms with van der Waals surface area (Å²) in [5.41, 5.74) is 5.27. The van der Waals surface area contributed by atoms with Crippen LogP contribution in [-0.2, 0) is 0 Å². The van der Waals surface area contributed by atoms with Crippen LogP contribution in [0.25, 0.3) is 0 Å². The summed E-state index contributed by atoms with van der Waals surface area (Å²) >= 11 is 4.75. The van der Waals surface area contributed by atoms with E-state index in [0.717, 1.165) is 18.2 Å². The average Bonchev–Trinajstić information content (AvgIpc) is 2.28. The topological polar surface area (TPSA) is 75.3 Å². The van der Waals surface area contributed by atoms with Gasteiger partial charge in [0.25, 0.3) is 5.91 Å². The molecule has 1 aromatic rings. The van der Waals surface area contributed by atoms with E-state index in [2.05, 4.69) is 5.32 Å². The highest BCUT2D eigenvalue weighted by molar-refractivity contribution is 7.80. The predicted octanol–water partition coefficient (Wildman–Crippen LogP) is 1.18. The van der Waals surface area contributed by atoms with Gasteiger partial charge in [0.1, 0.15) is 11.6 Å². The Morgan fingerprint density at radius 2 is 2.29 bits per heavy atom. The number of aromatic hydroxyl groups is 1. The van der Waals surface area contributed by atoms with Crippen molar-refractivity contribution in [2.75, 3.05) is 6.54 Å². The Kier molecular flexibility index (Phi) is 4.39. The Balaban J connectivity index is 2.70. The number of phenols is 1. The lowest BCUT2D eigenvalue weighted by atomic mass is 10.1. The van der Waals surface area contributed by atoms with E-state index in [4.69, 9.17) is 18.0 Å². The number of nitrogens with two attached hydrogens (primary N) is 1. The van der Waals surface area contributed by atoms with Crippen LogP contribution >= 0.6 is 12.2 Å². The lowest BCUT2D eigenvalue weighted by Gasteiger charge is -2.11. The zero-order chi connectivity index (χ0) is 13.0. The van der Waals surface area contributed by atoms with Gasteiger partial charge >= 0.3 is 0 Å². The minimum atomic E-state index is -0.588.